The van der Waals surface area contributed by atoms with Gasteiger partial charge in [-0.3, -0.25) is 9.59 Å². The lowest BCUT2D eigenvalue weighted by molar-refractivity contribution is -0.200. The summed E-state index contributed by atoms with van der Waals surface area (Å²) >= 11 is 0. The van der Waals surface area contributed by atoms with Crippen molar-refractivity contribution in [3.05, 3.63) is 48.1 Å². The molecule has 0 aromatic heterocycles. The van der Waals surface area contributed by atoms with Crippen LogP contribution in [0, 0.1) is 28.6 Å². The maximum Gasteiger partial charge on any atom is 0.205 e. The van der Waals surface area contributed by atoms with Crippen molar-refractivity contribution in [3.63, 3.8) is 0 Å². The molecule has 1 saturated heterocycles. The van der Waals surface area contributed by atoms with Gasteiger partial charge >= 0.3 is 0 Å². The van der Waals surface area contributed by atoms with Crippen LogP contribution in [0.15, 0.2) is 48.1 Å². The Morgan fingerprint density at radius 3 is 2.74 bits per heavy atom. The van der Waals surface area contributed by atoms with Crippen molar-refractivity contribution in [2.45, 2.75) is 83.4 Å². The molecule has 7 nitrogen and oxygen atoms in total. The Balaban J connectivity index is 1.34. The van der Waals surface area contributed by atoms with Crippen LogP contribution in [0.4, 0.5) is 5.69 Å². The first-order chi connectivity index (χ1) is 18.1. The van der Waals surface area contributed by atoms with E-state index in [1.165, 1.54) is 0 Å². The molecular formula is C31H39NO6. The van der Waals surface area contributed by atoms with E-state index in [1.807, 2.05) is 6.08 Å². The predicted molar refractivity (Wildman–Crippen MR) is 142 cm³/mol. The van der Waals surface area contributed by atoms with Gasteiger partial charge in [0.2, 0.25) is 5.78 Å². The van der Waals surface area contributed by atoms with E-state index in [1.54, 1.807) is 36.4 Å². The minimum absolute atomic E-state index is 0.0200. The minimum atomic E-state index is -1.17. The van der Waals surface area contributed by atoms with Crippen LogP contribution in [0.2, 0.25) is 0 Å². The molecule has 9 atom stereocenters. The van der Waals surface area contributed by atoms with Gasteiger partial charge in [-0.05, 0) is 80.4 Å². The van der Waals surface area contributed by atoms with Crippen LogP contribution in [0.5, 0.6) is 5.75 Å². The summed E-state index contributed by atoms with van der Waals surface area (Å²) in [6.07, 6.45) is 8.42. The van der Waals surface area contributed by atoms with Gasteiger partial charge in [-0.2, -0.15) is 0 Å². The SMILES string of the molecule is CCC[C@H]1O[C@@H]2C[C@H]3[C@@H]4CCC5=CC(=O)C=C[C@]5(C)C4[C@@H](O)C[C@]3(C)[C@]2(C(=O)COc2ccc(N)cc2)O1. The van der Waals surface area contributed by atoms with Gasteiger partial charge < -0.3 is 25.1 Å². The Bertz CT molecular complexity index is 1190. The molecule has 0 radical (unpaired) electrons. The minimum Gasteiger partial charge on any atom is -0.486 e. The molecule has 4 aliphatic carbocycles. The normalized spacial score (nSPS) is 43.1. The van der Waals surface area contributed by atoms with Crippen molar-refractivity contribution >= 4 is 17.3 Å². The van der Waals surface area contributed by atoms with Crippen molar-refractivity contribution in [2.75, 3.05) is 12.3 Å². The first-order valence-corrected chi connectivity index (χ1v) is 14.1. The number of benzene rings is 1. The van der Waals surface area contributed by atoms with Crippen LogP contribution < -0.4 is 10.5 Å². The smallest absolute Gasteiger partial charge is 0.205 e. The zero-order valence-corrected chi connectivity index (χ0v) is 22.5. The number of hydrogen-bond acceptors (Lipinski definition) is 7. The third-order valence-corrected chi connectivity index (χ3v) is 10.5. The number of aliphatic hydroxyl groups is 1. The number of ketones is 2. The molecule has 38 heavy (non-hydrogen) atoms. The van der Waals surface area contributed by atoms with Crippen molar-refractivity contribution in [1.29, 1.82) is 0 Å². The van der Waals surface area contributed by atoms with E-state index in [-0.39, 0.29) is 47.4 Å². The zero-order valence-electron chi connectivity index (χ0n) is 22.5. The van der Waals surface area contributed by atoms with Crippen molar-refractivity contribution in [2.24, 2.45) is 28.6 Å². The molecule has 1 heterocycles. The fourth-order valence-electron chi connectivity index (χ4n) is 8.83. The number of carbonyl (C=O) groups is 2. The molecule has 6 rings (SSSR count). The third-order valence-electron chi connectivity index (χ3n) is 10.5. The fourth-order valence-corrected chi connectivity index (χ4v) is 8.83. The number of anilines is 1. The molecule has 4 fully saturated rings. The molecule has 3 saturated carbocycles. The number of allylic oxidation sites excluding steroid dienone is 4. The number of nitrogens with two attached hydrogens (primary N) is 1. The van der Waals surface area contributed by atoms with E-state index in [4.69, 9.17) is 19.9 Å². The summed E-state index contributed by atoms with van der Waals surface area (Å²) in [4.78, 5) is 26.3. The number of ether oxygens (including phenoxy) is 3. The number of carbonyl (C=O) groups excluding carboxylic acids is 2. The first-order valence-electron chi connectivity index (χ1n) is 14.1. The molecule has 0 bridgehead atoms. The summed E-state index contributed by atoms with van der Waals surface area (Å²) in [6, 6.07) is 7.01. The molecule has 1 aromatic carbocycles. The monoisotopic (exact) mass is 521 g/mol. The van der Waals surface area contributed by atoms with Gasteiger partial charge in [-0.15, -0.1) is 0 Å². The lowest BCUT2D eigenvalue weighted by Gasteiger charge is -2.59. The first kappa shape index (κ1) is 25.8. The van der Waals surface area contributed by atoms with Crippen LogP contribution in [0.1, 0.15) is 59.3 Å². The van der Waals surface area contributed by atoms with Crippen LogP contribution in [0.25, 0.3) is 0 Å². The zero-order chi connectivity index (χ0) is 26.9. The summed E-state index contributed by atoms with van der Waals surface area (Å²) < 4.78 is 19.1. The topological polar surface area (TPSA) is 108 Å². The van der Waals surface area contributed by atoms with Gasteiger partial charge in [-0.25, -0.2) is 0 Å². The maximum atomic E-state index is 14.2. The molecular weight excluding hydrogens is 482 g/mol. The van der Waals surface area contributed by atoms with Crippen LogP contribution in [-0.2, 0) is 19.1 Å². The second-order valence-electron chi connectivity index (χ2n) is 12.4. The fraction of sp³-hybridized carbons (Fsp3) is 0.613. The summed E-state index contributed by atoms with van der Waals surface area (Å²) in [7, 11) is 0. The average Bonchev–Trinajstić information content (AvgIpc) is 3.36. The summed E-state index contributed by atoms with van der Waals surface area (Å²) in [5.41, 5.74) is 5.41. The summed E-state index contributed by atoms with van der Waals surface area (Å²) in [5.74, 6) is 0.789. The van der Waals surface area contributed by atoms with E-state index < -0.39 is 23.4 Å². The average molecular weight is 522 g/mol. The Morgan fingerprint density at radius 1 is 1.24 bits per heavy atom. The number of Topliss-reactive ketones (excluding diaryl/α,β-unsaturated/α-hetero) is 1. The lowest BCUT2D eigenvalue weighted by atomic mass is 9.46. The molecule has 1 aromatic rings. The highest BCUT2D eigenvalue weighted by atomic mass is 16.7. The Labute approximate surface area is 224 Å². The highest BCUT2D eigenvalue weighted by molar-refractivity contribution is 6.01. The molecule has 7 heteroatoms. The van der Waals surface area contributed by atoms with Crippen molar-refractivity contribution in [3.8, 4) is 5.75 Å². The van der Waals surface area contributed by atoms with Gasteiger partial charge in [-0.1, -0.05) is 38.8 Å². The third kappa shape index (κ3) is 3.58. The van der Waals surface area contributed by atoms with E-state index in [2.05, 4.69) is 20.8 Å². The maximum absolute atomic E-state index is 14.2. The van der Waals surface area contributed by atoms with Crippen LogP contribution in [-0.4, -0.2) is 47.4 Å². The van der Waals surface area contributed by atoms with Gasteiger partial charge in [0.05, 0.1) is 12.2 Å². The molecule has 0 spiro atoms. The van der Waals surface area contributed by atoms with Gasteiger partial charge in [0.25, 0.3) is 0 Å². The Hall–Kier alpha value is -2.48. The van der Waals surface area contributed by atoms with E-state index in [0.29, 0.717) is 24.3 Å². The highest BCUT2D eigenvalue weighted by Gasteiger charge is 2.75. The van der Waals surface area contributed by atoms with Gasteiger partial charge in [0, 0.05) is 22.4 Å². The Kier molecular flexibility index (Phi) is 6.13. The van der Waals surface area contributed by atoms with Crippen LogP contribution in [0.3, 0.4) is 0 Å². The Morgan fingerprint density at radius 2 is 2.00 bits per heavy atom. The van der Waals surface area contributed by atoms with E-state index in [0.717, 1.165) is 31.3 Å². The quantitative estimate of drug-likeness (QED) is 0.535. The molecule has 204 valence electrons. The predicted octanol–water partition coefficient (Wildman–Crippen LogP) is 4.39. The molecule has 1 unspecified atom stereocenters. The number of hydrogen-bond donors (Lipinski definition) is 2. The summed E-state index contributed by atoms with van der Waals surface area (Å²) in [5, 5.41) is 11.8. The number of fused-ring (bicyclic) bond motifs is 7. The number of nitrogen functional groups attached to an aromatic ring is 1. The van der Waals surface area contributed by atoms with Crippen molar-refractivity contribution < 1.29 is 28.9 Å². The highest BCUT2D eigenvalue weighted by Crippen LogP contribution is 2.69. The molecule has 1 aliphatic heterocycles. The van der Waals surface area contributed by atoms with Crippen molar-refractivity contribution in [1.82, 2.24) is 0 Å². The molecule has 0 amide bonds. The number of rotatable bonds is 6. The van der Waals surface area contributed by atoms with Gasteiger partial charge in [0.1, 0.15) is 12.4 Å². The van der Waals surface area contributed by atoms with Crippen LogP contribution >= 0.6 is 0 Å². The summed E-state index contributed by atoms with van der Waals surface area (Å²) in [6.45, 7) is 6.23. The van der Waals surface area contributed by atoms with E-state index >= 15 is 0 Å². The van der Waals surface area contributed by atoms with Gasteiger partial charge in [0.15, 0.2) is 17.7 Å². The molecule has 5 aliphatic rings. The molecule has 3 N–H and O–H groups in total. The van der Waals surface area contributed by atoms with E-state index in [9.17, 15) is 14.7 Å². The largest absolute Gasteiger partial charge is 0.486 e. The standard InChI is InChI=1S/C31H39NO6/c1-4-5-27-37-26-15-23-22-11-6-18-14-20(33)12-13-29(18,2)28(22)24(34)16-30(23,3)31(26,38-27)25(35)17-36-21-9-7-19(32)8-10-21/h7-10,12-14,22-24,26-28,34H,4-6,11,15-17,32H2,1-3H3/t22-,23-,24-,26+,27-,28?,29-,30-,31+/m0/s1. The lowest BCUT2D eigenvalue weighted by Crippen LogP contribution is -2.63. The second-order valence-corrected chi connectivity index (χ2v) is 12.4. The second kappa shape index (κ2) is 9.04. The number of aliphatic hydroxyl groups excluding tert-OH is 1.